The van der Waals surface area contributed by atoms with Crippen LogP contribution in [-0.2, 0) is 5.54 Å². The van der Waals surface area contributed by atoms with Crippen molar-refractivity contribution < 1.29 is 0 Å². The Morgan fingerprint density at radius 2 is 1.47 bits per heavy atom. The minimum absolute atomic E-state index is 0.0257. The number of nitrogens with zero attached hydrogens (tertiary/aromatic N) is 1. The smallest absolute Gasteiger partial charge is 0.113 e. The van der Waals surface area contributed by atoms with Gasteiger partial charge in [-0.15, -0.1) is 0 Å². The van der Waals surface area contributed by atoms with Crippen LogP contribution < -0.4 is 11.5 Å². The van der Waals surface area contributed by atoms with Crippen molar-refractivity contribution in [2.24, 2.45) is 11.5 Å². The molecule has 0 atom stereocenters. The highest BCUT2D eigenvalue weighted by Gasteiger charge is 2.23. The highest BCUT2D eigenvalue weighted by atomic mass is 32.2. The van der Waals surface area contributed by atoms with E-state index in [2.05, 4.69) is 57.1 Å². The van der Waals surface area contributed by atoms with Gasteiger partial charge in [-0.05, 0) is 52.6 Å². The van der Waals surface area contributed by atoms with Gasteiger partial charge in [0, 0.05) is 10.4 Å². The van der Waals surface area contributed by atoms with E-state index in [-0.39, 0.29) is 5.54 Å². The lowest BCUT2D eigenvalue weighted by Crippen LogP contribution is -2.42. The number of thioether (sulfide) groups is 1. The molecule has 1 rings (SSSR count). The summed E-state index contributed by atoms with van der Waals surface area (Å²) in [5.41, 5.74) is 12.9. The molecule has 96 valence electrons. The maximum Gasteiger partial charge on any atom is 0.113 e. The predicted octanol–water partition coefficient (Wildman–Crippen LogP) is 2.17. The summed E-state index contributed by atoms with van der Waals surface area (Å²) in [7, 11) is 4.17. The first-order valence-electron chi connectivity index (χ1n) is 5.67. The number of hydrogen-bond acceptors (Lipinski definition) is 4. The molecule has 0 radical (unpaired) electrons. The van der Waals surface area contributed by atoms with E-state index in [4.69, 9.17) is 11.5 Å². The van der Waals surface area contributed by atoms with Crippen LogP contribution in [-0.4, -0.2) is 24.0 Å². The van der Waals surface area contributed by atoms with E-state index in [0.717, 1.165) is 4.90 Å². The second-order valence-corrected chi connectivity index (χ2v) is 6.82. The minimum Gasteiger partial charge on any atom is -0.305 e. The predicted molar refractivity (Wildman–Crippen MR) is 75.8 cm³/mol. The molecule has 0 unspecified atom stereocenters. The molecule has 4 heteroatoms. The quantitative estimate of drug-likeness (QED) is 0.638. The van der Waals surface area contributed by atoms with E-state index in [1.807, 2.05) is 0 Å². The van der Waals surface area contributed by atoms with Crippen LogP contribution in [0.1, 0.15) is 26.3 Å². The van der Waals surface area contributed by atoms with E-state index < -0.39 is 4.99 Å². The summed E-state index contributed by atoms with van der Waals surface area (Å²) in [6, 6.07) is 8.41. The van der Waals surface area contributed by atoms with Crippen molar-refractivity contribution in [2.45, 2.75) is 36.2 Å². The number of benzene rings is 1. The molecule has 0 aliphatic heterocycles. The fourth-order valence-electron chi connectivity index (χ4n) is 1.44. The minimum atomic E-state index is -0.724. The van der Waals surface area contributed by atoms with Gasteiger partial charge < -0.3 is 16.4 Å². The number of nitrogens with two attached hydrogens (primary N) is 2. The van der Waals surface area contributed by atoms with E-state index in [9.17, 15) is 0 Å². The van der Waals surface area contributed by atoms with Crippen LogP contribution >= 0.6 is 11.8 Å². The van der Waals surface area contributed by atoms with Gasteiger partial charge in [-0.3, -0.25) is 0 Å². The van der Waals surface area contributed by atoms with Gasteiger partial charge in [-0.25, -0.2) is 0 Å². The molecular weight excluding hydrogens is 230 g/mol. The van der Waals surface area contributed by atoms with E-state index in [0.29, 0.717) is 0 Å². The van der Waals surface area contributed by atoms with Gasteiger partial charge in [0.2, 0.25) is 0 Å². The Hall–Kier alpha value is -0.550. The van der Waals surface area contributed by atoms with E-state index in [1.165, 1.54) is 17.3 Å². The lowest BCUT2D eigenvalue weighted by Gasteiger charge is -2.33. The zero-order valence-electron chi connectivity index (χ0n) is 11.3. The fraction of sp³-hybridized carbons (Fsp3) is 0.538. The second kappa shape index (κ2) is 4.98. The molecule has 1 aromatic carbocycles. The Labute approximate surface area is 109 Å². The van der Waals surface area contributed by atoms with Crippen LogP contribution in [0, 0.1) is 0 Å². The molecule has 0 saturated carbocycles. The van der Waals surface area contributed by atoms with Gasteiger partial charge in [-0.1, -0.05) is 23.9 Å². The third kappa shape index (κ3) is 4.00. The fourth-order valence-corrected chi connectivity index (χ4v) is 2.22. The molecule has 4 N–H and O–H groups in total. The van der Waals surface area contributed by atoms with Gasteiger partial charge >= 0.3 is 0 Å². The summed E-state index contributed by atoms with van der Waals surface area (Å²) in [5, 5.41) is 0. The van der Waals surface area contributed by atoms with Crippen LogP contribution in [0.4, 0.5) is 0 Å². The van der Waals surface area contributed by atoms with Crippen molar-refractivity contribution in [3.63, 3.8) is 0 Å². The van der Waals surface area contributed by atoms with Crippen LogP contribution in [0.2, 0.25) is 0 Å². The molecule has 17 heavy (non-hydrogen) atoms. The Balaban J connectivity index is 2.89. The van der Waals surface area contributed by atoms with Gasteiger partial charge in [0.25, 0.3) is 0 Å². The SMILES string of the molecule is CN(C)C(C)(C)c1ccc(SC(C)(N)N)cc1. The second-order valence-electron chi connectivity index (χ2n) is 5.26. The number of rotatable bonds is 4. The molecule has 0 aliphatic carbocycles. The van der Waals surface area contributed by atoms with Crippen LogP contribution in [0.5, 0.6) is 0 Å². The molecule has 0 heterocycles. The monoisotopic (exact) mass is 253 g/mol. The summed E-state index contributed by atoms with van der Waals surface area (Å²) < 4.78 is 0. The highest BCUT2D eigenvalue weighted by molar-refractivity contribution is 8.00. The van der Waals surface area contributed by atoms with Gasteiger partial charge in [0.1, 0.15) is 4.99 Å². The highest BCUT2D eigenvalue weighted by Crippen LogP contribution is 2.29. The van der Waals surface area contributed by atoms with Gasteiger partial charge in [-0.2, -0.15) is 0 Å². The summed E-state index contributed by atoms with van der Waals surface area (Å²) in [5.74, 6) is 0. The summed E-state index contributed by atoms with van der Waals surface area (Å²) in [6.07, 6.45) is 0. The largest absolute Gasteiger partial charge is 0.305 e. The third-order valence-corrected chi connectivity index (χ3v) is 3.96. The van der Waals surface area contributed by atoms with E-state index in [1.54, 1.807) is 6.92 Å². The maximum atomic E-state index is 5.77. The third-order valence-electron chi connectivity index (χ3n) is 3.02. The molecule has 0 bridgehead atoms. The maximum absolute atomic E-state index is 5.77. The zero-order valence-corrected chi connectivity index (χ0v) is 12.1. The first-order valence-corrected chi connectivity index (χ1v) is 6.49. The van der Waals surface area contributed by atoms with Gasteiger partial charge in [0.05, 0.1) is 0 Å². The molecule has 3 nitrogen and oxygen atoms in total. The zero-order chi connectivity index (χ0) is 13.3. The Morgan fingerprint density at radius 3 is 1.82 bits per heavy atom. The summed E-state index contributed by atoms with van der Waals surface area (Å²) >= 11 is 1.47. The molecule has 0 amide bonds. The molecule has 0 spiro atoms. The van der Waals surface area contributed by atoms with Crippen molar-refractivity contribution >= 4 is 11.8 Å². The number of hydrogen-bond donors (Lipinski definition) is 2. The first-order chi connectivity index (χ1) is 7.63. The normalized spacial score (nSPS) is 13.2. The van der Waals surface area contributed by atoms with E-state index >= 15 is 0 Å². The molecule has 1 aromatic rings. The molecule has 0 aromatic heterocycles. The molecule has 0 aliphatic rings. The summed E-state index contributed by atoms with van der Waals surface area (Å²) in [6.45, 7) is 6.20. The standard InChI is InChI=1S/C13H23N3S/c1-12(2,16(4)5)10-6-8-11(9-7-10)17-13(3,14)15/h6-9H,14-15H2,1-5H3. The Bertz CT molecular complexity index is 363. The van der Waals surface area contributed by atoms with Crippen molar-refractivity contribution in [3.05, 3.63) is 29.8 Å². The van der Waals surface area contributed by atoms with Crippen molar-refractivity contribution in [2.75, 3.05) is 14.1 Å². The van der Waals surface area contributed by atoms with Crippen LogP contribution in [0.25, 0.3) is 0 Å². The first kappa shape index (κ1) is 14.5. The Morgan fingerprint density at radius 1 is 1.00 bits per heavy atom. The summed E-state index contributed by atoms with van der Waals surface area (Å²) in [4.78, 5) is 2.57. The van der Waals surface area contributed by atoms with Gasteiger partial charge in [0.15, 0.2) is 0 Å². The molecular formula is C13H23N3S. The van der Waals surface area contributed by atoms with Crippen molar-refractivity contribution in [1.29, 1.82) is 0 Å². The average Bonchev–Trinajstić information content (AvgIpc) is 2.15. The average molecular weight is 253 g/mol. The van der Waals surface area contributed by atoms with Crippen molar-refractivity contribution in [1.82, 2.24) is 4.90 Å². The van der Waals surface area contributed by atoms with Crippen LogP contribution in [0.3, 0.4) is 0 Å². The topological polar surface area (TPSA) is 55.3 Å². The van der Waals surface area contributed by atoms with Crippen molar-refractivity contribution in [3.8, 4) is 0 Å². The molecule has 0 saturated heterocycles. The lowest BCUT2D eigenvalue weighted by molar-refractivity contribution is 0.197. The lowest BCUT2D eigenvalue weighted by atomic mass is 9.93. The Kier molecular flexibility index (Phi) is 4.25. The van der Waals surface area contributed by atoms with Crippen LogP contribution in [0.15, 0.2) is 29.2 Å². The molecule has 0 fully saturated rings.